The molecule has 1 heterocycles. The molecule has 4 unspecified atom stereocenters. The van der Waals surface area contributed by atoms with Crippen LogP contribution in [0.15, 0.2) is 45.6 Å². The van der Waals surface area contributed by atoms with Crippen molar-refractivity contribution in [3.05, 3.63) is 35.9 Å². The van der Waals surface area contributed by atoms with Crippen molar-refractivity contribution in [2.24, 2.45) is 32.5 Å². The first-order chi connectivity index (χ1) is 10.1. The maximum absolute atomic E-state index is 4.93. The Morgan fingerprint density at radius 2 is 1.81 bits per heavy atom. The fourth-order valence-corrected chi connectivity index (χ4v) is 5.58. The molecule has 0 radical (unpaired) electrons. The van der Waals surface area contributed by atoms with Crippen LogP contribution in [0.5, 0.6) is 0 Å². The molecule has 4 atom stereocenters. The summed E-state index contributed by atoms with van der Waals surface area (Å²) in [5.41, 5.74) is 0.936. The normalized spacial score (nSPS) is 42.8. The van der Waals surface area contributed by atoms with Crippen LogP contribution in [0.4, 0.5) is 0 Å². The van der Waals surface area contributed by atoms with E-state index in [0.717, 1.165) is 0 Å². The molecule has 0 aromatic heterocycles. The van der Waals surface area contributed by atoms with Crippen molar-refractivity contribution in [3.63, 3.8) is 0 Å². The van der Waals surface area contributed by atoms with Gasteiger partial charge < -0.3 is 0 Å². The van der Waals surface area contributed by atoms with E-state index in [9.17, 15) is 0 Å². The highest BCUT2D eigenvalue weighted by molar-refractivity contribution is 5.76. The van der Waals surface area contributed by atoms with Crippen LogP contribution in [-0.2, 0) is 5.54 Å². The SMILES string of the molecule is CN=CC12N=NC(c3ccccc3)(C3CCCC31)C2(C)C. The molecule has 21 heavy (non-hydrogen) atoms. The number of aliphatic imine (C=N–C) groups is 1. The van der Waals surface area contributed by atoms with Gasteiger partial charge in [0.2, 0.25) is 0 Å². The van der Waals surface area contributed by atoms with E-state index in [1.807, 2.05) is 7.05 Å². The van der Waals surface area contributed by atoms with Crippen molar-refractivity contribution in [1.82, 2.24) is 0 Å². The van der Waals surface area contributed by atoms with Gasteiger partial charge in [-0.3, -0.25) is 4.99 Å². The first-order valence-corrected chi connectivity index (χ1v) is 8.03. The lowest BCUT2D eigenvalue weighted by molar-refractivity contribution is 0.171. The standard InChI is InChI=1S/C18H23N3/c1-16(2)17(12-19-3)14-10-7-11-15(14)18(16,21-20-17)13-8-5-4-6-9-13/h4-6,8-9,12,14-15H,7,10-11H2,1-3H3. The lowest BCUT2D eigenvalue weighted by Gasteiger charge is -2.40. The second-order valence-corrected chi connectivity index (χ2v) is 7.31. The Kier molecular flexibility index (Phi) is 2.52. The highest BCUT2D eigenvalue weighted by Gasteiger charge is 2.77. The lowest BCUT2D eigenvalue weighted by atomic mass is 9.63. The fourth-order valence-electron chi connectivity index (χ4n) is 5.58. The van der Waals surface area contributed by atoms with Crippen LogP contribution >= 0.6 is 0 Å². The molecule has 3 aliphatic rings. The minimum absolute atomic E-state index is 0.0172. The largest absolute Gasteiger partial charge is 0.298 e. The summed E-state index contributed by atoms with van der Waals surface area (Å²) in [5.74, 6) is 1.19. The van der Waals surface area contributed by atoms with Crippen molar-refractivity contribution in [2.75, 3.05) is 7.05 Å². The highest BCUT2D eigenvalue weighted by atomic mass is 15.3. The van der Waals surface area contributed by atoms with Gasteiger partial charge in [0.1, 0.15) is 11.1 Å². The van der Waals surface area contributed by atoms with E-state index < -0.39 is 0 Å². The number of hydrogen-bond acceptors (Lipinski definition) is 3. The van der Waals surface area contributed by atoms with Crippen molar-refractivity contribution in [3.8, 4) is 0 Å². The van der Waals surface area contributed by atoms with Crippen LogP contribution in [-0.4, -0.2) is 18.8 Å². The van der Waals surface area contributed by atoms with Crippen molar-refractivity contribution in [1.29, 1.82) is 0 Å². The minimum atomic E-state index is -0.210. The van der Waals surface area contributed by atoms with E-state index in [-0.39, 0.29) is 16.5 Å². The predicted molar refractivity (Wildman–Crippen MR) is 84.7 cm³/mol. The van der Waals surface area contributed by atoms with Gasteiger partial charge in [-0.1, -0.05) is 50.6 Å². The third-order valence-corrected chi connectivity index (χ3v) is 6.48. The van der Waals surface area contributed by atoms with Crippen LogP contribution in [0.25, 0.3) is 0 Å². The van der Waals surface area contributed by atoms with Gasteiger partial charge in [0.25, 0.3) is 0 Å². The molecule has 110 valence electrons. The van der Waals surface area contributed by atoms with Crippen LogP contribution in [0.3, 0.4) is 0 Å². The van der Waals surface area contributed by atoms with Gasteiger partial charge in [-0.25, -0.2) is 0 Å². The van der Waals surface area contributed by atoms with E-state index in [2.05, 4.69) is 55.4 Å². The summed E-state index contributed by atoms with van der Waals surface area (Å²) in [6, 6.07) is 10.8. The Labute approximate surface area is 126 Å². The van der Waals surface area contributed by atoms with Crippen LogP contribution in [0.2, 0.25) is 0 Å². The zero-order valence-electron chi connectivity index (χ0n) is 13.1. The molecular weight excluding hydrogens is 258 g/mol. The molecule has 0 saturated heterocycles. The number of azo groups is 1. The third-order valence-electron chi connectivity index (χ3n) is 6.48. The van der Waals surface area contributed by atoms with Gasteiger partial charge in [-0.05, 0) is 30.2 Å². The Hall–Kier alpha value is -1.51. The summed E-state index contributed by atoms with van der Waals surface area (Å²) in [6.07, 6.45) is 5.91. The number of benzene rings is 1. The second kappa shape index (κ2) is 4.02. The first kappa shape index (κ1) is 13.2. The summed E-state index contributed by atoms with van der Waals surface area (Å²) in [7, 11) is 1.87. The predicted octanol–water partition coefficient (Wildman–Crippen LogP) is 4.24. The Morgan fingerprint density at radius 1 is 1.10 bits per heavy atom. The van der Waals surface area contributed by atoms with E-state index >= 15 is 0 Å². The van der Waals surface area contributed by atoms with Gasteiger partial charge in [-0.15, -0.1) is 0 Å². The van der Waals surface area contributed by atoms with Gasteiger partial charge >= 0.3 is 0 Å². The second-order valence-electron chi connectivity index (χ2n) is 7.31. The molecule has 0 amide bonds. The molecule has 4 rings (SSSR count). The summed E-state index contributed by atoms with van der Waals surface area (Å²) >= 11 is 0. The zero-order chi connectivity index (χ0) is 14.7. The van der Waals surface area contributed by atoms with Crippen molar-refractivity contribution >= 4 is 6.21 Å². The van der Waals surface area contributed by atoms with E-state index in [1.165, 1.54) is 24.8 Å². The van der Waals surface area contributed by atoms with Gasteiger partial charge in [0, 0.05) is 18.7 Å². The van der Waals surface area contributed by atoms with E-state index in [4.69, 9.17) is 10.2 Å². The molecule has 3 nitrogen and oxygen atoms in total. The Balaban J connectivity index is 1.98. The summed E-state index contributed by atoms with van der Waals surface area (Å²) in [6.45, 7) is 4.69. The monoisotopic (exact) mass is 281 g/mol. The van der Waals surface area contributed by atoms with Crippen LogP contribution in [0.1, 0.15) is 38.7 Å². The average molecular weight is 281 g/mol. The smallest absolute Gasteiger partial charge is 0.127 e. The molecule has 1 aliphatic heterocycles. The number of rotatable bonds is 2. The summed E-state index contributed by atoms with van der Waals surface area (Å²) < 4.78 is 0. The Morgan fingerprint density at radius 3 is 2.52 bits per heavy atom. The van der Waals surface area contributed by atoms with Gasteiger partial charge in [0.05, 0.1) is 0 Å². The zero-order valence-corrected chi connectivity index (χ0v) is 13.1. The molecule has 0 N–H and O–H groups in total. The first-order valence-electron chi connectivity index (χ1n) is 8.03. The maximum Gasteiger partial charge on any atom is 0.127 e. The number of nitrogens with zero attached hydrogens (tertiary/aromatic N) is 3. The van der Waals surface area contributed by atoms with Crippen molar-refractivity contribution in [2.45, 2.75) is 44.2 Å². The molecular formula is C18H23N3. The molecule has 2 saturated carbocycles. The van der Waals surface area contributed by atoms with E-state index in [0.29, 0.717) is 11.8 Å². The van der Waals surface area contributed by atoms with Gasteiger partial charge in [0.15, 0.2) is 0 Å². The molecule has 3 heteroatoms. The molecule has 2 bridgehead atoms. The number of hydrogen-bond donors (Lipinski definition) is 0. The quantitative estimate of drug-likeness (QED) is 0.727. The average Bonchev–Trinajstić information content (AvgIpc) is 3.09. The van der Waals surface area contributed by atoms with Crippen LogP contribution < -0.4 is 0 Å². The number of fused-ring (bicyclic) bond motifs is 5. The summed E-state index contributed by atoms with van der Waals surface area (Å²) in [5, 5.41) is 9.77. The minimum Gasteiger partial charge on any atom is -0.298 e. The fraction of sp³-hybridized carbons (Fsp3) is 0.611. The lowest BCUT2D eigenvalue weighted by Crippen LogP contribution is -2.47. The summed E-state index contributed by atoms with van der Waals surface area (Å²) in [4.78, 5) is 4.39. The molecule has 0 spiro atoms. The molecule has 1 aromatic carbocycles. The maximum atomic E-state index is 4.93. The third kappa shape index (κ3) is 1.25. The van der Waals surface area contributed by atoms with E-state index in [1.54, 1.807) is 0 Å². The molecule has 2 aliphatic carbocycles. The topological polar surface area (TPSA) is 37.1 Å². The van der Waals surface area contributed by atoms with Crippen molar-refractivity contribution < 1.29 is 0 Å². The molecule has 1 aromatic rings. The highest BCUT2D eigenvalue weighted by Crippen LogP contribution is 2.73. The van der Waals surface area contributed by atoms with Crippen LogP contribution in [0, 0.1) is 17.3 Å². The molecule has 2 fully saturated rings. The van der Waals surface area contributed by atoms with Gasteiger partial charge in [-0.2, -0.15) is 10.2 Å². The Bertz CT molecular complexity index is 619.